The first-order valence-electron chi connectivity index (χ1n) is 8.13. The molecule has 8 heteroatoms. The van der Waals surface area contributed by atoms with Gasteiger partial charge in [0.15, 0.2) is 6.61 Å². The number of hydrogen-bond donors (Lipinski definition) is 1. The lowest BCUT2D eigenvalue weighted by Crippen LogP contribution is -2.47. The van der Waals surface area contributed by atoms with Crippen LogP contribution in [-0.4, -0.2) is 51.8 Å². The predicted molar refractivity (Wildman–Crippen MR) is 93.2 cm³/mol. The highest BCUT2D eigenvalue weighted by Gasteiger charge is 2.27. The van der Waals surface area contributed by atoms with Gasteiger partial charge in [-0.3, -0.25) is 4.79 Å². The van der Waals surface area contributed by atoms with Gasteiger partial charge in [-0.05, 0) is 18.1 Å². The van der Waals surface area contributed by atoms with Gasteiger partial charge in [-0.1, -0.05) is 20.3 Å². The third-order valence-corrected chi connectivity index (χ3v) is 3.91. The molecule has 0 heterocycles. The van der Waals surface area contributed by atoms with Crippen LogP contribution in [0.4, 0.5) is 0 Å². The first-order valence-corrected chi connectivity index (χ1v) is 8.13. The molecule has 1 N–H and O–H groups in total. The van der Waals surface area contributed by atoms with E-state index in [1.54, 1.807) is 6.07 Å². The summed E-state index contributed by atoms with van der Waals surface area (Å²) in [7, 11) is 4.17. The van der Waals surface area contributed by atoms with Crippen molar-refractivity contribution in [3.05, 3.63) is 23.8 Å². The molecule has 1 aromatic rings. The smallest absolute Gasteiger partial charge is 0.338 e. The Morgan fingerprint density at radius 1 is 1.04 bits per heavy atom. The molecule has 0 aliphatic heterocycles. The molecular formula is C18H25NO7. The molecule has 0 bridgehead atoms. The molecule has 8 nitrogen and oxygen atoms in total. The van der Waals surface area contributed by atoms with Gasteiger partial charge in [0.25, 0.3) is 5.91 Å². The minimum atomic E-state index is -0.798. The molecule has 26 heavy (non-hydrogen) atoms. The highest BCUT2D eigenvalue weighted by molar-refractivity contribution is 5.92. The number of amides is 1. The highest BCUT2D eigenvalue weighted by atomic mass is 16.5. The lowest BCUT2D eigenvalue weighted by molar-refractivity contribution is -0.147. The first-order chi connectivity index (χ1) is 12.4. The van der Waals surface area contributed by atoms with E-state index in [4.69, 9.17) is 18.9 Å². The minimum Gasteiger partial charge on any atom is -0.497 e. The normalized spacial score (nSPS) is 12.5. The Kier molecular flexibility index (Phi) is 8.41. The summed E-state index contributed by atoms with van der Waals surface area (Å²) in [6.07, 6.45) is 0.670. The number of nitrogens with one attached hydrogen (secondary N) is 1. The summed E-state index contributed by atoms with van der Waals surface area (Å²) in [5.74, 6) is -1.13. The molecule has 0 aliphatic carbocycles. The second-order valence-corrected chi connectivity index (χ2v) is 5.63. The van der Waals surface area contributed by atoms with Crippen LogP contribution in [0.3, 0.4) is 0 Å². The summed E-state index contributed by atoms with van der Waals surface area (Å²) in [5, 5.41) is 2.53. The summed E-state index contributed by atoms with van der Waals surface area (Å²) in [5.41, 5.74) is 0.181. The molecule has 2 atom stereocenters. The number of esters is 2. The average molecular weight is 367 g/mol. The summed E-state index contributed by atoms with van der Waals surface area (Å²) in [6.45, 7) is 3.18. The van der Waals surface area contributed by atoms with Crippen molar-refractivity contribution in [2.75, 3.05) is 27.9 Å². The van der Waals surface area contributed by atoms with Crippen LogP contribution in [0.5, 0.6) is 11.5 Å². The molecule has 1 amide bonds. The fraction of sp³-hybridized carbons (Fsp3) is 0.500. The molecule has 0 fully saturated rings. The molecule has 144 valence electrons. The summed E-state index contributed by atoms with van der Waals surface area (Å²) in [4.78, 5) is 36.0. The van der Waals surface area contributed by atoms with Gasteiger partial charge in [-0.15, -0.1) is 0 Å². The van der Waals surface area contributed by atoms with Crippen molar-refractivity contribution in [2.24, 2.45) is 5.92 Å². The molecular weight excluding hydrogens is 342 g/mol. The lowest BCUT2D eigenvalue weighted by Gasteiger charge is -2.21. The molecule has 0 spiro atoms. The van der Waals surface area contributed by atoms with Crippen LogP contribution in [0.15, 0.2) is 18.2 Å². The zero-order valence-electron chi connectivity index (χ0n) is 15.7. The van der Waals surface area contributed by atoms with Gasteiger partial charge >= 0.3 is 11.9 Å². The molecule has 0 saturated heterocycles. The van der Waals surface area contributed by atoms with E-state index < -0.39 is 30.5 Å². The molecule has 0 radical (unpaired) electrons. The standard InChI is InChI=1S/C18H25NO7/c1-6-11(2)16(18(22)25-5)19-15(20)10-26-17(21)12-7-13(23-3)9-14(8-12)24-4/h7-9,11,16H,6,10H2,1-5H3,(H,19,20)/t11-,16+/m0/s1. The average Bonchev–Trinajstić information content (AvgIpc) is 2.68. The molecule has 0 aliphatic rings. The van der Waals surface area contributed by atoms with Gasteiger partial charge in [-0.2, -0.15) is 0 Å². The van der Waals surface area contributed by atoms with Crippen molar-refractivity contribution in [2.45, 2.75) is 26.3 Å². The zero-order valence-corrected chi connectivity index (χ0v) is 15.7. The van der Waals surface area contributed by atoms with Crippen molar-refractivity contribution < 1.29 is 33.3 Å². The minimum absolute atomic E-state index is 0.121. The van der Waals surface area contributed by atoms with Gasteiger partial charge in [0.05, 0.1) is 26.9 Å². The van der Waals surface area contributed by atoms with Crippen LogP contribution in [-0.2, 0) is 19.1 Å². The summed E-state index contributed by atoms with van der Waals surface area (Å²) in [6, 6.07) is 3.75. The van der Waals surface area contributed by atoms with Gasteiger partial charge in [-0.25, -0.2) is 9.59 Å². The van der Waals surface area contributed by atoms with Gasteiger partial charge in [0, 0.05) is 6.07 Å². The monoisotopic (exact) mass is 367 g/mol. The highest BCUT2D eigenvalue weighted by Crippen LogP contribution is 2.23. The quantitative estimate of drug-likeness (QED) is 0.661. The number of ether oxygens (including phenoxy) is 4. The maximum Gasteiger partial charge on any atom is 0.338 e. The molecule has 0 unspecified atom stereocenters. The SMILES string of the molecule is CC[C@H](C)[C@@H](NC(=O)COC(=O)c1cc(OC)cc(OC)c1)C(=O)OC. The van der Waals surface area contributed by atoms with E-state index in [1.165, 1.54) is 33.5 Å². The third kappa shape index (κ3) is 5.94. The number of hydrogen-bond acceptors (Lipinski definition) is 7. The van der Waals surface area contributed by atoms with Gasteiger partial charge in [0.2, 0.25) is 0 Å². The van der Waals surface area contributed by atoms with Crippen molar-refractivity contribution in [1.82, 2.24) is 5.32 Å². The lowest BCUT2D eigenvalue weighted by atomic mass is 9.99. The summed E-state index contributed by atoms with van der Waals surface area (Å²) >= 11 is 0. The van der Waals surface area contributed by atoms with E-state index in [0.29, 0.717) is 17.9 Å². The van der Waals surface area contributed by atoms with Gasteiger partial charge in [0.1, 0.15) is 17.5 Å². The fourth-order valence-corrected chi connectivity index (χ4v) is 2.15. The van der Waals surface area contributed by atoms with E-state index in [9.17, 15) is 14.4 Å². The Hall–Kier alpha value is -2.77. The van der Waals surface area contributed by atoms with Crippen LogP contribution in [0.2, 0.25) is 0 Å². The van der Waals surface area contributed by atoms with E-state index in [0.717, 1.165) is 0 Å². The molecule has 1 aromatic carbocycles. The van der Waals surface area contributed by atoms with Crippen molar-refractivity contribution >= 4 is 17.8 Å². The Morgan fingerprint density at radius 2 is 1.62 bits per heavy atom. The Balaban J connectivity index is 2.71. The van der Waals surface area contributed by atoms with Crippen LogP contribution < -0.4 is 14.8 Å². The zero-order chi connectivity index (χ0) is 19.7. The van der Waals surface area contributed by atoms with Gasteiger partial charge < -0.3 is 24.3 Å². The molecule has 0 saturated carbocycles. The van der Waals surface area contributed by atoms with E-state index >= 15 is 0 Å². The number of carbonyl (C=O) groups is 3. The fourth-order valence-electron chi connectivity index (χ4n) is 2.15. The van der Waals surface area contributed by atoms with E-state index in [-0.39, 0.29) is 11.5 Å². The number of benzene rings is 1. The second kappa shape index (κ2) is 10.3. The van der Waals surface area contributed by atoms with Crippen LogP contribution >= 0.6 is 0 Å². The number of rotatable bonds is 9. The predicted octanol–water partition coefficient (Wildman–Crippen LogP) is 1.56. The first kappa shape index (κ1) is 21.3. The van der Waals surface area contributed by atoms with E-state index in [1.807, 2.05) is 13.8 Å². The number of methoxy groups -OCH3 is 3. The largest absolute Gasteiger partial charge is 0.497 e. The second-order valence-electron chi connectivity index (χ2n) is 5.63. The maximum atomic E-state index is 12.1. The Labute approximate surface area is 152 Å². The van der Waals surface area contributed by atoms with Crippen LogP contribution in [0.25, 0.3) is 0 Å². The van der Waals surface area contributed by atoms with E-state index in [2.05, 4.69) is 5.32 Å². The number of carbonyl (C=O) groups excluding carboxylic acids is 3. The Bertz CT molecular complexity index is 622. The molecule has 0 aromatic heterocycles. The Morgan fingerprint density at radius 3 is 2.08 bits per heavy atom. The van der Waals surface area contributed by atoms with Crippen molar-refractivity contribution in [3.63, 3.8) is 0 Å². The van der Waals surface area contributed by atoms with Crippen LogP contribution in [0.1, 0.15) is 30.6 Å². The molecule has 1 rings (SSSR count). The van der Waals surface area contributed by atoms with Crippen molar-refractivity contribution in [1.29, 1.82) is 0 Å². The van der Waals surface area contributed by atoms with Crippen LogP contribution in [0, 0.1) is 5.92 Å². The van der Waals surface area contributed by atoms with Crippen molar-refractivity contribution in [3.8, 4) is 11.5 Å². The topological polar surface area (TPSA) is 100 Å². The third-order valence-electron chi connectivity index (χ3n) is 3.91. The maximum absolute atomic E-state index is 12.1. The summed E-state index contributed by atoms with van der Waals surface area (Å²) < 4.78 is 19.9.